The summed E-state index contributed by atoms with van der Waals surface area (Å²) in [6, 6.07) is 14.7. The normalized spacial score (nSPS) is 15.3. The molecule has 142 valence electrons. The highest BCUT2D eigenvalue weighted by molar-refractivity contribution is 7.14. The minimum atomic E-state index is -0.437. The number of para-hydroxylation sites is 1. The maximum atomic E-state index is 12.5. The van der Waals surface area contributed by atoms with Crippen LogP contribution in [0, 0.1) is 10.1 Å². The number of rotatable bonds is 5. The fourth-order valence-electron chi connectivity index (χ4n) is 3.43. The second-order valence-corrected chi connectivity index (χ2v) is 7.56. The number of carbonyl (C=O) groups excluding carboxylic acids is 1. The van der Waals surface area contributed by atoms with Crippen LogP contribution in [0.3, 0.4) is 0 Å². The largest absolute Gasteiger partial charge is 0.359 e. The van der Waals surface area contributed by atoms with Crippen molar-refractivity contribution >= 4 is 33.8 Å². The molecule has 0 radical (unpaired) electrons. The second kappa shape index (κ2) is 7.40. The van der Waals surface area contributed by atoms with Gasteiger partial charge in [-0.05, 0) is 25.0 Å². The van der Waals surface area contributed by atoms with Crippen molar-refractivity contribution in [3.8, 4) is 11.3 Å². The van der Waals surface area contributed by atoms with Crippen molar-refractivity contribution in [2.24, 2.45) is 0 Å². The lowest BCUT2D eigenvalue weighted by atomic mass is 10.1. The summed E-state index contributed by atoms with van der Waals surface area (Å²) in [6.07, 6.45) is 0.928. The van der Waals surface area contributed by atoms with Crippen molar-refractivity contribution < 1.29 is 9.72 Å². The number of nitrogens with one attached hydrogen (secondary N) is 1. The van der Waals surface area contributed by atoms with E-state index in [1.54, 1.807) is 17.5 Å². The molecule has 4 rings (SSSR count). The molecule has 2 aromatic carbocycles. The van der Waals surface area contributed by atoms with Crippen LogP contribution in [0.25, 0.3) is 11.3 Å². The summed E-state index contributed by atoms with van der Waals surface area (Å²) in [5, 5.41) is 16.0. The van der Waals surface area contributed by atoms with Crippen LogP contribution in [-0.4, -0.2) is 28.4 Å². The number of amides is 1. The first-order chi connectivity index (χ1) is 13.5. The quantitative estimate of drug-likeness (QED) is 0.520. The van der Waals surface area contributed by atoms with E-state index in [1.807, 2.05) is 18.2 Å². The summed E-state index contributed by atoms with van der Waals surface area (Å²) in [5.41, 5.74) is 3.61. The number of nitro benzene ring substituents is 1. The van der Waals surface area contributed by atoms with Crippen LogP contribution in [0.1, 0.15) is 12.5 Å². The fourth-order valence-corrected chi connectivity index (χ4v) is 4.16. The molecule has 0 unspecified atom stereocenters. The Balaban J connectivity index is 1.45. The highest BCUT2D eigenvalue weighted by atomic mass is 32.1. The van der Waals surface area contributed by atoms with Crippen molar-refractivity contribution in [1.29, 1.82) is 0 Å². The number of thiazole rings is 1. The number of non-ortho nitro benzene ring substituents is 1. The lowest BCUT2D eigenvalue weighted by Crippen LogP contribution is -2.37. The summed E-state index contributed by atoms with van der Waals surface area (Å²) >= 11 is 1.30. The molecule has 1 atom stereocenters. The molecule has 1 N–H and O–H groups in total. The van der Waals surface area contributed by atoms with Crippen LogP contribution in [0.4, 0.5) is 16.5 Å². The first-order valence-electron chi connectivity index (χ1n) is 8.86. The minimum absolute atomic E-state index is 0.0118. The zero-order valence-corrected chi connectivity index (χ0v) is 16.0. The van der Waals surface area contributed by atoms with Gasteiger partial charge in [0.15, 0.2) is 5.13 Å². The standard InChI is InChI=1S/C20H18N4O3S/c1-13-9-15-5-2-3-8-18(15)23(13)11-19(25)22-20-21-17(12-28-20)14-6-4-7-16(10-14)24(26)27/h2-8,10,12-13H,9,11H2,1H3,(H,21,22,25)/t13-/m0/s1. The highest BCUT2D eigenvalue weighted by Crippen LogP contribution is 2.32. The van der Waals surface area contributed by atoms with E-state index in [1.165, 1.54) is 29.0 Å². The molecule has 0 aliphatic carbocycles. The van der Waals surface area contributed by atoms with E-state index in [2.05, 4.69) is 28.2 Å². The Labute approximate surface area is 165 Å². The Morgan fingerprint density at radius 1 is 1.32 bits per heavy atom. The number of anilines is 2. The van der Waals surface area contributed by atoms with E-state index >= 15 is 0 Å². The van der Waals surface area contributed by atoms with Crippen molar-refractivity contribution in [3.63, 3.8) is 0 Å². The molecule has 7 nitrogen and oxygen atoms in total. The average molecular weight is 394 g/mol. The van der Waals surface area contributed by atoms with Gasteiger partial charge in [0.05, 0.1) is 17.2 Å². The van der Waals surface area contributed by atoms with Gasteiger partial charge in [-0.1, -0.05) is 30.3 Å². The molecule has 0 bridgehead atoms. The highest BCUT2D eigenvalue weighted by Gasteiger charge is 2.27. The number of hydrogen-bond acceptors (Lipinski definition) is 6. The molecule has 8 heteroatoms. The Morgan fingerprint density at radius 3 is 2.96 bits per heavy atom. The summed E-state index contributed by atoms with van der Waals surface area (Å²) in [4.78, 5) is 29.5. The first-order valence-corrected chi connectivity index (χ1v) is 9.74. The van der Waals surface area contributed by atoms with E-state index in [0.29, 0.717) is 16.4 Å². The Bertz CT molecular complexity index is 1050. The second-order valence-electron chi connectivity index (χ2n) is 6.70. The number of nitro groups is 1. The Hall–Kier alpha value is -3.26. The molecule has 2 heterocycles. The molecule has 0 saturated carbocycles. The maximum absolute atomic E-state index is 12.5. The minimum Gasteiger partial charge on any atom is -0.359 e. The van der Waals surface area contributed by atoms with Gasteiger partial charge in [-0.15, -0.1) is 11.3 Å². The fraction of sp³-hybridized carbons (Fsp3) is 0.200. The van der Waals surface area contributed by atoms with Crippen LogP contribution in [-0.2, 0) is 11.2 Å². The molecular weight excluding hydrogens is 376 g/mol. The van der Waals surface area contributed by atoms with E-state index in [-0.39, 0.29) is 24.2 Å². The monoisotopic (exact) mass is 394 g/mol. The van der Waals surface area contributed by atoms with Crippen molar-refractivity contribution in [2.45, 2.75) is 19.4 Å². The maximum Gasteiger partial charge on any atom is 0.270 e. The zero-order chi connectivity index (χ0) is 19.7. The van der Waals surface area contributed by atoms with Gasteiger partial charge in [0.2, 0.25) is 5.91 Å². The molecule has 1 aliphatic rings. The number of fused-ring (bicyclic) bond motifs is 1. The van der Waals surface area contributed by atoms with Crippen LogP contribution in [0.2, 0.25) is 0 Å². The van der Waals surface area contributed by atoms with Gasteiger partial charge < -0.3 is 10.2 Å². The SMILES string of the molecule is C[C@H]1Cc2ccccc2N1CC(=O)Nc1nc(-c2cccc([N+](=O)[O-])c2)cs1. The molecular formula is C20H18N4O3S. The summed E-state index contributed by atoms with van der Waals surface area (Å²) in [5.74, 6) is -0.136. The van der Waals surface area contributed by atoms with Crippen molar-refractivity contribution in [1.82, 2.24) is 4.98 Å². The van der Waals surface area contributed by atoms with Crippen LogP contribution >= 0.6 is 11.3 Å². The van der Waals surface area contributed by atoms with Crippen molar-refractivity contribution in [2.75, 3.05) is 16.8 Å². The van der Waals surface area contributed by atoms with Gasteiger partial charge >= 0.3 is 0 Å². The molecule has 28 heavy (non-hydrogen) atoms. The van der Waals surface area contributed by atoms with E-state index in [4.69, 9.17) is 0 Å². The smallest absolute Gasteiger partial charge is 0.270 e. The number of benzene rings is 2. The summed E-state index contributed by atoms with van der Waals surface area (Å²) in [7, 11) is 0. The summed E-state index contributed by atoms with van der Waals surface area (Å²) < 4.78 is 0. The van der Waals surface area contributed by atoms with Crippen LogP contribution < -0.4 is 10.2 Å². The number of carbonyl (C=O) groups is 1. The van der Waals surface area contributed by atoms with Gasteiger partial charge in [-0.3, -0.25) is 14.9 Å². The molecule has 1 amide bonds. The van der Waals surface area contributed by atoms with E-state index < -0.39 is 4.92 Å². The zero-order valence-electron chi connectivity index (χ0n) is 15.2. The van der Waals surface area contributed by atoms with Gasteiger partial charge in [-0.2, -0.15) is 0 Å². The molecule has 1 aromatic heterocycles. The lowest BCUT2D eigenvalue weighted by molar-refractivity contribution is -0.384. The van der Waals surface area contributed by atoms with Gasteiger partial charge in [0.1, 0.15) is 0 Å². The third-order valence-electron chi connectivity index (χ3n) is 4.77. The van der Waals surface area contributed by atoms with E-state index in [0.717, 1.165) is 12.1 Å². The van der Waals surface area contributed by atoms with Crippen LogP contribution in [0.15, 0.2) is 53.9 Å². The number of hydrogen-bond donors (Lipinski definition) is 1. The molecule has 1 aliphatic heterocycles. The predicted molar refractivity (Wildman–Crippen MR) is 110 cm³/mol. The topological polar surface area (TPSA) is 88.4 Å². The predicted octanol–water partition coefficient (Wildman–Crippen LogP) is 4.11. The average Bonchev–Trinajstić information content (AvgIpc) is 3.27. The van der Waals surface area contributed by atoms with Gasteiger partial charge in [0, 0.05) is 34.8 Å². The first kappa shape index (κ1) is 18.1. The van der Waals surface area contributed by atoms with Crippen LogP contribution in [0.5, 0.6) is 0 Å². The summed E-state index contributed by atoms with van der Waals surface area (Å²) in [6.45, 7) is 2.36. The van der Waals surface area contributed by atoms with Crippen molar-refractivity contribution in [3.05, 3.63) is 69.6 Å². The number of aromatic nitrogens is 1. The van der Waals surface area contributed by atoms with Gasteiger partial charge in [-0.25, -0.2) is 4.98 Å². The number of nitrogens with zero attached hydrogens (tertiary/aromatic N) is 3. The molecule has 0 spiro atoms. The third-order valence-corrected chi connectivity index (χ3v) is 5.52. The molecule has 3 aromatic rings. The Morgan fingerprint density at radius 2 is 2.14 bits per heavy atom. The third kappa shape index (κ3) is 3.59. The molecule has 0 fully saturated rings. The lowest BCUT2D eigenvalue weighted by Gasteiger charge is -2.23. The Kier molecular flexibility index (Phi) is 4.79. The van der Waals surface area contributed by atoms with E-state index in [9.17, 15) is 14.9 Å². The van der Waals surface area contributed by atoms with Gasteiger partial charge in [0.25, 0.3) is 5.69 Å². The molecule has 0 saturated heterocycles.